The summed E-state index contributed by atoms with van der Waals surface area (Å²) in [5.74, 6) is -0.777. The van der Waals surface area contributed by atoms with Crippen LogP contribution in [0, 0.1) is 0 Å². The molecule has 14 heavy (non-hydrogen) atoms. The Morgan fingerprint density at radius 2 is 1.36 bits per heavy atom. The second-order valence-corrected chi connectivity index (χ2v) is 4.52. The van der Waals surface area contributed by atoms with Gasteiger partial charge in [0.1, 0.15) is 0 Å². The molecule has 0 rings (SSSR count). The Labute approximate surface area is 101 Å². The van der Waals surface area contributed by atoms with E-state index < -0.39 is 5.97 Å². The van der Waals surface area contributed by atoms with Crippen LogP contribution in [0.25, 0.3) is 0 Å². The predicted molar refractivity (Wildman–Crippen MR) is 58.8 cm³/mol. The number of ether oxygens (including phenoxy) is 3. The summed E-state index contributed by atoms with van der Waals surface area (Å²) in [6.45, 7) is 7.77. The zero-order chi connectivity index (χ0) is 10.9. The molecule has 4 heteroatoms. The first kappa shape index (κ1) is 14.7. The quantitative estimate of drug-likeness (QED) is 0.480. The predicted octanol–water partition coefficient (Wildman–Crippen LogP) is 1.85. The van der Waals surface area contributed by atoms with Gasteiger partial charge < -0.3 is 0 Å². The van der Waals surface area contributed by atoms with Gasteiger partial charge in [-0.3, -0.25) is 0 Å². The zero-order valence-corrected chi connectivity index (χ0v) is 12.8. The van der Waals surface area contributed by atoms with Crippen LogP contribution in [0.4, 0.5) is 0 Å². The summed E-state index contributed by atoms with van der Waals surface area (Å²) >= 11 is 1.29. The summed E-state index contributed by atoms with van der Waals surface area (Å²) in [6, 6.07) is 0. The SMILES string of the molecule is CCOC(CC[CH2][SnH])(OCC)OCC. The van der Waals surface area contributed by atoms with Crippen molar-refractivity contribution in [1.82, 2.24) is 0 Å². The molecule has 0 unspecified atom stereocenters. The molecule has 0 aromatic rings. The van der Waals surface area contributed by atoms with Gasteiger partial charge in [-0.15, -0.1) is 0 Å². The van der Waals surface area contributed by atoms with Crippen molar-refractivity contribution in [2.24, 2.45) is 0 Å². The van der Waals surface area contributed by atoms with Crippen molar-refractivity contribution in [1.29, 1.82) is 0 Å². The van der Waals surface area contributed by atoms with Gasteiger partial charge in [-0.2, -0.15) is 0 Å². The number of hydrogen-bond acceptors (Lipinski definition) is 3. The van der Waals surface area contributed by atoms with Gasteiger partial charge in [0.05, 0.1) is 0 Å². The molecule has 0 saturated heterocycles. The van der Waals surface area contributed by atoms with E-state index in [0.717, 1.165) is 12.8 Å². The van der Waals surface area contributed by atoms with Crippen molar-refractivity contribution in [3.63, 3.8) is 0 Å². The molecule has 0 heterocycles. The van der Waals surface area contributed by atoms with E-state index in [1.54, 1.807) is 0 Å². The van der Waals surface area contributed by atoms with Crippen molar-refractivity contribution in [2.75, 3.05) is 19.8 Å². The summed E-state index contributed by atoms with van der Waals surface area (Å²) in [5, 5.41) is 0. The van der Waals surface area contributed by atoms with E-state index in [1.807, 2.05) is 20.8 Å². The monoisotopic (exact) mass is 310 g/mol. The van der Waals surface area contributed by atoms with Crippen LogP contribution in [-0.2, 0) is 14.2 Å². The standard InChI is InChI=1S/C10H21O3.Sn.H/c1-5-9-10(11-6-2,12-7-3)13-8-4;;/h1,5-9H2,2-4H3;;. The summed E-state index contributed by atoms with van der Waals surface area (Å²) in [6.07, 6.45) is 1.95. The van der Waals surface area contributed by atoms with Crippen molar-refractivity contribution in [2.45, 2.75) is 44.0 Å². The van der Waals surface area contributed by atoms with Gasteiger partial charge in [0.15, 0.2) is 0 Å². The van der Waals surface area contributed by atoms with E-state index in [1.165, 1.54) is 27.0 Å². The van der Waals surface area contributed by atoms with Crippen molar-refractivity contribution >= 4 is 22.5 Å². The van der Waals surface area contributed by atoms with Crippen LogP contribution in [0.15, 0.2) is 0 Å². The van der Waals surface area contributed by atoms with Gasteiger partial charge in [0.25, 0.3) is 0 Å². The maximum absolute atomic E-state index is 5.58. The van der Waals surface area contributed by atoms with E-state index in [4.69, 9.17) is 14.2 Å². The molecule has 2 radical (unpaired) electrons. The van der Waals surface area contributed by atoms with Gasteiger partial charge >= 0.3 is 101 Å². The van der Waals surface area contributed by atoms with Crippen LogP contribution in [-0.4, -0.2) is 48.3 Å². The van der Waals surface area contributed by atoms with E-state index in [9.17, 15) is 0 Å². The second kappa shape index (κ2) is 8.94. The first-order valence-corrected chi connectivity index (χ1v) is 7.69. The molecular weight excluding hydrogens is 287 g/mol. The normalized spacial score (nSPS) is 12.0. The molecule has 3 nitrogen and oxygen atoms in total. The molecule has 84 valence electrons. The van der Waals surface area contributed by atoms with Gasteiger partial charge in [-0.05, 0) is 0 Å². The van der Waals surface area contributed by atoms with Crippen LogP contribution < -0.4 is 0 Å². The fraction of sp³-hybridized carbons (Fsp3) is 1.00. The minimum atomic E-state index is -0.777. The average molecular weight is 309 g/mol. The molecule has 0 aromatic carbocycles. The molecule has 0 aliphatic rings. The fourth-order valence-electron chi connectivity index (χ4n) is 1.32. The first-order chi connectivity index (χ1) is 6.74. The van der Waals surface area contributed by atoms with Crippen LogP contribution in [0.2, 0.25) is 4.44 Å². The van der Waals surface area contributed by atoms with Crippen molar-refractivity contribution in [3.05, 3.63) is 0 Å². The third kappa shape index (κ3) is 5.53. The molecule has 0 atom stereocenters. The Morgan fingerprint density at radius 3 is 1.64 bits per heavy atom. The minimum absolute atomic E-state index is 0.625. The topological polar surface area (TPSA) is 27.7 Å². The summed E-state index contributed by atoms with van der Waals surface area (Å²) in [7, 11) is 0. The fourth-order valence-corrected chi connectivity index (χ4v) is 1.90. The third-order valence-corrected chi connectivity index (χ3v) is 2.95. The zero-order valence-electron chi connectivity index (χ0n) is 9.54. The Kier molecular flexibility index (Phi) is 9.38. The van der Waals surface area contributed by atoms with Crippen LogP contribution >= 0.6 is 0 Å². The van der Waals surface area contributed by atoms with Gasteiger partial charge in [-0.1, -0.05) is 0 Å². The molecule has 0 amide bonds. The van der Waals surface area contributed by atoms with Crippen molar-refractivity contribution < 1.29 is 14.2 Å². The Hall–Kier alpha value is 0.679. The molecule has 0 bridgehead atoms. The van der Waals surface area contributed by atoms with E-state index in [0.29, 0.717) is 19.8 Å². The molecule has 0 aliphatic carbocycles. The average Bonchev–Trinajstić information content (AvgIpc) is 2.16. The Morgan fingerprint density at radius 1 is 0.929 bits per heavy atom. The van der Waals surface area contributed by atoms with E-state index >= 15 is 0 Å². The van der Waals surface area contributed by atoms with Crippen LogP contribution in [0.5, 0.6) is 0 Å². The Balaban J connectivity index is 4.21. The molecule has 0 spiro atoms. The Bertz CT molecular complexity index is 114. The summed E-state index contributed by atoms with van der Waals surface area (Å²) in [5.41, 5.74) is 0. The van der Waals surface area contributed by atoms with Crippen LogP contribution in [0.1, 0.15) is 33.6 Å². The summed E-state index contributed by atoms with van der Waals surface area (Å²) < 4.78 is 18.0. The maximum atomic E-state index is 5.58. The molecule has 0 aliphatic heterocycles. The van der Waals surface area contributed by atoms with Gasteiger partial charge in [0.2, 0.25) is 0 Å². The van der Waals surface area contributed by atoms with E-state index in [-0.39, 0.29) is 0 Å². The number of rotatable bonds is 9. The first-order valence-electron chi connectivity index (χ1n) is 5.36. The van der Waals surface area contributed by atoms with Crippen LogP contribution in [0.3, 0.4) is 0 Å². The van der Waals surface area contributed by atoms with Crippen molar-refractivity contribution in [3.8, 4) is 0 Å². The van der Waals surface area contributed by atoms with E-state index in [2.05, 4.69) is 0 Å². The molecule has 0 fully saturated rings. The van der Waals surface area contributed by atoms with Gasteiger partial charge in [0, 0.05) is 0 Å². The molecular formula is C10H22O3Sn. The molecule has 0 aromatic heterocycles. The molecule has 0 N–H and O–H groups in total. The number of hydrogen-bond donors (Lipinski definition) is 0. The summed E-state index contributed by atoms with van der Waals surface area (Å²) in [4.78, 5) is 0. The second-order valence-electron chi connectivity index (χ2n) is 2.87. The van der Waals surface area contributed by atoms with Gasteiger partial charge in [-0.25, -0.2) is 0 Å². The molecule has 0 saturated carbocycles. The third-order valence-electron chi connectivity index (χ3n) is 1.78.